The minimum atomic E-state index is -1.71. The molecule has 0 spiro atoms. The van der Waals surface area contributed by atoms with Crippen LogP contribution in [0, 0.1) is 22.7 Å². The smallest absolute Gasteiger partial charge is 0.229 e. The molecule has 1 saturated heterocycles. The highest BCUT2D eigenvalue weighted by Crippen LogP contribution is 2.55. The zero-order valence-corrected chi connectivity index (χ0v) is 14.5. The molecule has 1 N–H and O–H groups in total. The highest BCUT2D eigenvalue weighted by molar-refractivity contribution is 7.98. The van der Waals surface area contributed by atoms with E-state index < -0.39 is 11.2 Å². The summed E-state index contributed by atoms with van der Waals surface area (Å²) in [7, 11) is 0. The molecule has 1 aliphatic rings. The van der Waals surface area contributed by atoms with E-state index in [-0.39, 0.29) is 12.0 Å². The Hall–Kier alpha value is -1.62. The number of ether oxygens (including phenoxy) is 1. The zero-order valence-electron chi connectivity index (χ0n) is 13.6. The molecule has 23 heavy (non-hydrogen) atoms. The molecule has 0 radical (unpaired) electrons. The van der Waals surface area contributed by atoms with Crippen molar-refractivity contribution in [2.45, 2.75) is 44.1 Å². The van der Waals surface area contributed by atoms with Crippen LogP contribution in [0.4, 0.5) is 0 Å². The van der Waals surface area contributed by atoms with Gasteiger partial charge in [0, 0.05) is 5.92 Å². The summed E-state index contributed by atoms with van der Waals surface area (Å²) < 4.78 is 7.61. The molecule has 0 saturated carbocycles. The second-order valence-electron chi connectivity index (χ2n) is 6.10. The summed E-state index contributed by atoms with van der Waals surface area (Å²) in [4.78, 5) is 4.23. The molecule has 1 unspecified atom stereocenters. The number of aliphatic hydroxyl groups is 1. The van der Waals surface area contributed by atoms with Gasteiger partial charge in [0.2, 0.25) is 5.79 Å². The van der Waals surface area contributed by atoms with E-state index in [1.54, 1.807) is 17.5 Å². The summed E-state index contributed by atoms with van der Waals surface area (Å²) in [5.41, 5.74) is 0.198. The third-order valence-corrected chi connectivity index (χ3v) is 5.79. The molecule has 7 heteroatoms. The van der Waals surface area contributed by atoms with E-state index in [1.807, 2.05) is 26.2 Å². The van der Waals surface area contributed by atoms with Crippen LogP contribution in [-0.4, -0.2) is 32.1 Å². The molecule has 0 amide bonds. The molecule has 3 heterocycles. The van der Waals surface area contributed by atoms with Gasteiger partial charge in [-0.15, -0.1) is 11.8 Å². The standard InChI is InChI=1S/C16H20N4O2S/c1-5-12-10(2)15(3,8-17)16(21,22-12)13-7-6-11-14(23-4)18-9-19-20(11)13/h6-7,9-10,12,21H,5H2,1-4H3/t10-,12-,15-,16?/m1/s1. The van der Waals surface area contributed by atoms with Crippen molar-refractivity contribution >= 4 is 17.3 Å². The SMILES string of the molecule is CC[C@H]1OC(O)(c2ccc3c(SC)ncnn23)[C@](C)(C#N)[C@@H]1C. The van der Waals surface area contributed by atoms with Crippen LogP contribution in [0.5, 0.6) is 0 Å². The van der Waals surface area contributed by atoms with E-state index in [0.717, 1.165) is 17.0 Å². The molecule has 1 aliphatic heterocycles. The van der Waals surface area contributed by atoms with Crippen molar-refractivity contribution in [2.24, 2.45) is 11.3 Å². The Morgan fingerprint density at radius 2 is 2.26 bits per heavy atom. The highest BCUT2D eigenvalue weighted by atomic mass is 32.2. The molecule has 6 nitrogen and oxygen atoms in total. The van der Waals surface area contributed by atoms with Crippen LogP contribution < -0.4 is 0 Å². The average molecular weight is 332 g/mol. The van der Waals surface area contributed by atoms with Crippen molar-refractivity contribution in [1.82, 2.24) is 14.6 Å². The lowest BCUT2D eigenvalue weighted by Gasteiger charge is -2.33. The van der Waals surface area contributed by atoms with Crippen LogP contribution in [-0.2, 0) is 10.5 Å². The normalized spacial score (nSPS) is 33.9. The van der Waals surface area contributed by atoms with Gasteiger partial charge >= 0.3 is 0 Å². The first kappa shape index (κ1) is 16.2. The maximum Gasteiger partial charge on any atom is 0.229 e. The quantitative estimate of drug-likeness (QED) is 0.870. The molecule has 3 rings (SSSR count). The van der Waals surface area contributed by atoms with Gasteiger partial charge in [-0.3, -0.25) is 0 Å². The molecule has 122 valence electrons. The Kier molecular flexibility index (Phi) is 3.87. The molecule has 2 aromatic heterocycles. The lowest BCUT2D eigenvalue weighted by molar-refractivity contribution is -0.238. The van der Waals surface area contributed by atoms with Gasteiger partial charge in [0.1, 0.15) is 22.5 Å². The molecule has 2 aromatic rings. The fraction of sp³-hybridized carbons (Fsp3) is 0.562. The van der Waals surface area contributed by atoms with Gasteiger partial charge in [-0.1, -0.05) is 13.8 Å². The summed E-state index contributed by atoms with van der Waals surface area (Å²) in [6, 6.07) is 5.91. The minimum Gasteiger partial charge on any atom is -0.359 e. The lowest BCUT2D eigenvalue weighted by Crippen LogP contribution is -2.43. The van der Waals surface area contributed by atoms with E-state index in [4.69, 9.17) is 4.74 Å². The van der Waals surface area contributed by atoms with E-state index in [9.17, 15) is 10.4 Å². The van der Waals surface area contributed by atoms with E-state index in [0.29, 0.717) is 5.69 Å². The molecule has 0 aromatic carbocycles. The van der Waals surface area contributed by atoms with E-state index in [1.165, 1.54) is 18.1 Å². The largest absolute Gasteiger partial charge is 0.359 e. The number of hydrogen-bond donors (Lipinski definition) is 1. The van der Waals surface area contributed by atoms with Crippen LogP contribution in [0.15, 0.2) is 23.5 Å². The topological polar surface area (TPSA) is 83.4 Å². The van der Waals surface area contributed by atoms with Gasteiger partial charge in [-0.25, -0.2) is 9.50 Å². The summed E-state index contributed by atoms with van der Waals surface area (Å²) in [5, 5.41) is 26.2. The number of hydrogen-bond acceptors (Lipinski definition) is 6. The Morgan fingerprint density at radius 3 is 2.87 bits per heavy atom. The molecule has 1 fully saturated rings. The number of fused-ring (bicyclic) bond motifs is 1. The molecule has 4 atom stereocenters. The van der Waals surface area contributed by atoms with E-state index in [2.05, 4.69) is 16.2 Å². The van der Waals surface area contributed by atoms with Crippen LogP contribution in [0.3, 0.4) is 0 Å². The number of nitrogens with zero attached hydrogens (tertiary/aromatic N) is 4. The molecule has 0 bridgehead atoms. The first-order valence-electron chi connectivity index (χ1n) is 7.61. The fourth-order valence-electron chi connectivity index (χ4n) is 3.39. The van der Waals surface area contributed by atoms with Crippen LogP contribution >= 0.6 is 11.8 Å². The van der Waals surface area contributed by atoms with Crippen LogP contribution in [0.2, 0.25) is 0 Å². The molecular formula is C16H20N4O2S. The number of thioether (sulfide) groups is 1. The summed E-state index contributed by atoms with van der Waals surface area (Å²) in [6.45, 7) is 5.70. The second-order valence-corrected chi connectivity index (χ2v) is 6.89. The Labute approximate surface area is 139 Å². The minimum absolute atomic E-state index is 0.102. The van der Waals surface area contributed by atoms with Crippen molar-refractivity contribution < 1.29 is 9.84 Å². The van der Waals surface area contributed by atoms with Gasteiger partial charge < -0.3 is 9.84 Å². The van der Waals surface area contributed by atoms with Crippen molar-refractivity contribution in [3.63, 3.8) is 0 Å². The third kappa shape index (κ3) is 2.02. The number of nitriles is 1. The molecular weight excluding hydrogens is 312 g/mol. The van der Waals surface area contributed by atoms with Gasteiger partial charge in [0.25, 0.3) is 0 Å². The average Bonchev–Trinajstić information content (AvgIpc) is 3.09. The number of aromatic nitrogens is 3. The Morgan fingerprint density at radius 1 is 1.52 bits per heavy atom. The zero-order chi connectivity index (χ0) is 16.8. The summed E-state index contributed by atoms with van der Waals surface area (Å²) in [5.74, 6) is -1.81. The van der Waals surface area contributed by atoms with Crippen molar-refractivity contribution in [3.8, 4) is 6.07 Å². The number of rotatable bonds is 3. The van der Waals surface area contributed by atoms with Crippen LogP contribution in [0.1, 0.15) is 32.9 Å². The van der Waals surface area contributed by atoms with E-state index >= 15 is 0 Å². The highest BCUT2D eigenvalue weighted by Gasteiger charge is 2.63. The Bertz CT molecular complexity index is 786. The van der Waals surface area contributed by atoms with Gasteiger partial charge in [0.15, 0.2) is 0 Å². The second kappa shape index (κ2) is 5.48. The predicted octanol–water partition coefficient (Wildman–Crippen LogP) is 2.57. The summed E-state index contributed by atoms with van der Waals surface area (Å²) in [6.07, 6.45) is 3.93. The van der Waals surface area contributed by atoms with Crippen LogP contribution in [0.25, 0.3) is 5.52 Å². The fourth-order valence-corrected chi connectivity index (χ4v) is 3.91. The monoisotopic (exact) mass is 332 g/mol. The maximum atomic E-state index is 11.4. The van der Waals surface area contributed by atoms with Crippen molar-refractivity contribution in [3.05, 3.63) is 24.2 Å². The molecule has 0 aliphatic carbocycles. The first-order chi connectivity index (χ1) is 10.9. The van der Waals surface area contributed by atoms with Gasteiger partial charge in [-0.2, -0.15) is 10.4 Å². The summed E-state index contributed by atoms with van der Waals surface area (Å²) >= 11 is 1.50. The first-order valence-corrected chi connectivity index (χ1v) is 8.84. The predicted molar refractivity (Wildman–Crippen MR) is 86.7 cm³/mol. The van der Waals surface area contributed by atoms with Gasteiger partial charge in [-0.05, 0) is 31.7 Å². The Balaban J connectivity index is 2.23. The third-order valence-electron chi connectivity index (χ3n) is 5.09. The van der Waals surface area contributed by atoms with Crippen molar-refractivity contribution in [2.75, 3.05) is 6.26 Å². The maximum absolute atomic E-state index is 11.4. The van der Waals surface area contributed by atoms with Gasteiger partial charge in [0.05, 0.1) is 17.7 Å². The lowest BCUT2D eigenvalue weighted by atomic mass is 9.71. The van der Waals surface area contributed by atoms with Crippen molar-refractivity contribution in [1.29, 1.82) is 5.26 Å².